The first-order valence-electron chi connectivity index (χ1n) is 9.76. The highest BCUT2D eigenvalue weighted by atomic mass is 35.5. The van der Waals surface area contributed by atoms with E-state index >= 15 is 0 Å². The number of benzene rings is 1. The third-order valence-electron chi connectivity index (χ3n) is 5.76. The van der Waals surface area contributed by atoms with Crippen LogP contribution in [0.5, 0.6) is 0 Å². The fourth-order valence-electron chi connectivity index (χ4n) is 4.33. The van der Waals surface area contributed by atoms with E-state index in [2.05, 4.69) is 22.3 Å². The molecular formula is C20H30ClFN4. The van der Waals surface area contributed by atoms with Gasteiger partial charge < -0.3 is 11.1 Å². The maximum absolute atomic E-state index is 13.9. The van der Waals surface area contributed by atoms with Crippen LogP contribution in [-0.4, -0.2) is 37.0 Å². The monoisotopic (exact) mass is 380 g/mol. The summed E-state index contributed by atoms with van der Waals surface area (Å²) in [6.45, 7) is 1.63. The highest BCUT2D eigenvalue weighted by molar-refractivity contribution is 6.30. The highest BCUT2D eigenvalue weighted by Crippen LogP contribution is 2.37. The number of hydrogen-bond donors (Lipinski definition) is 2. The van der Waals surface area contributed by atoms with Crippen LogP contribution in [0.15, 0.2) is 23.2 Å². The predicted octanol–water partition coefficient (Wildman–Crippen LogP) is 4.10. The van der Waals surface area contributed by atoms with Crippen molar-refractivity contribution in [2.75, 3.05) is 20.1 Å². The molecule has 1 aliphatic carbocycles. The number of halogens is 2. The summed E-state index contributed by atoms with van der Waals surface area (Å²) < 4.78 is 13.9. The second-order valence-electron chi connectivity index (χ2n) is 7.71. The van der Waals surface area contributed by atoms with Gasteiger partial charge in [-0.2, -0.15) is 0 Å². The first-order valence-corrected chi connectivity index (χ1v) is 10.1. The van der Waals surface area contributed by atoms with E-state index in [-0.39, 0.29) is 16.9 Å². The molecular weight excluding hydrogens is 351 g/mol. The Kier molecular flexibility index (Phi) is 6.76. The summed E-state index contributed by atoms with van der Waals surface area (Å²) in [7, 11) is 2.08. The molecule has 0 amide bonds. The van der Waals surface area contributed by atoms with Gasteiger partial charge in [-0.25, -0.2) is 4.39 Å². The third-order valence-corrected chi connectivity index (χ3v) is 6.07. The Morgan fingerprint density at radius 1 is 1.27 bits per heavy atom. The van der Waals surface area contributed by atoms with Crippen LogP contribution in [0.2, 0.25) is 5.02 Å². The van der Waals surface area contributed by atoms with Gasteiger partial charge in [0.15, 0.2) is 5.96 Å². The summed E-state index contributed by atoms with van der Waals surface area (Å²) in [6, 6.07) is 5.71. The largest absolute Gasteiger partial charge is 0.370 e. The average Bonchev–Trinajstić information content (AvgIpc) is 2.81. The van der Waals surface area contributed by atoms with Gasteiger partial charge in [0.2, 0.25) is 0 Å². The van der Waals surface area contributed by atoms with Crippen LogP contribution in [0, 0.1) is 11.7 Å². The van der Waals surface area contributed by atoms with Crippen LogP contribution in [0.4, 0.5) is 4.39 Å². The van der Waals surface area contributed by atoms with E-state index in [1.165, 1.54) is 38.5 Å². The molecule has 2 atom stereocenters. The molecule has 1 saturated carbocycles. The molecule has 3 N–H and O–H groups in total. The molecule has 2 unspecified atom stereocenters. The Hall–Kier alpha value is -1.33. The van der Waals surface area contributed by atoms with Crippen molar-refractivity contribution in [3.63, 3.8) is 0 Å². The van der Waals surface area contributed by atoms with E-state index in [9.17, 15) is 4.39 Å². The lowest BCUT2D eigenvalue weighted by atomic mass is 9.94. The quantitative estimate of drug-likeness (QED) is 0.469. The standard InChI is InChI=1S/C20H30ClFN4/c1-26-11-10-15(19(26)14-8-9-17(21)18(22)12-14)13-24-20(23)25-16-6-4-2-3-5-7-16/h8-9,12,15-16,19H,2-7,10-11,13H2,1H3,(H3,23,24,25). The van der Waals surface area contributed by atoms with Gasteiger partial charge in [0, 0.05) is 18.6 Å². The first-order chi connectivity index (χ1) is 12.5. The molecule has 1 saturated heterocycles. The van der Waals surface area contributed by atoms with Crippen LogP contribution in [0.1, 0.15) is 56.6 Å². The Morgan fingerprint density at radius 2 is 2.00 bits per heavy atom. The molecule has 2 aliphatic rings. The first kappa shape index (κ1) is 19.4. The normalized spacial score (nSPS) is 26.0. The Balaban J connectivity index is 1.62. The Morgan fingerprint density at radius 3 is 2.69 bits per heavy atom. The molecule has 3 rings (SSSR count). The zero-order valence-electron chi connectivity index (χ0n) is 15.6. The van der Waals surface area contributed by atoms with Crippen molar-refractivity contribution in [2.45, 2.75) is 57.0 Å². The number of nitrogens with one attached hydrogen (secondary N) is 1. The summed E-state index contributed by atoms with van der Waals surface area (Å²) in [5.74, 6) is 0.517. The Labute approximate surface area is 161 Å². The van der Waals surface area contributed by atoms with Gasteiger partial charge in [-0.05, 0) is 56.5 Å². The lowest BCUT2D eigenvalue weighted by Gasteiger charge is -2.25. The van der Waals surface area contributed by atoms with Gasteiger partial charge in [0.05, 0.1) is 5.02 Å². The van der Waals surface area contributed by atoms with Crippen LogP contribution in [0.25, 0.3) is 0 Å². The van der Waals surface area contributed by atoms with Gasteiger partial charge in [0.25, 0.3) is 0 Å². The number of nitrogens with zero attached hydrogens (tertiary/aromatic N) is 2. The summed E-state index contributed by atoms with van der Waals surface area (Å²) in [4.78, 5) is 6.88. The van der Waals surface area contributed by atoms with Gasteiger partial charge in [-0.15, -0.1) is 0 Å². The van der Waals surface area contributed by atoms with Crippen LogP contribution >= 0.6 is 11.6 Å². The van der Waals surface area contributed by atoms with E-state index in [4.69, 9.17) is 17.3 Å². The maximum Gasteiger partial charge on any atom is 0.188 e. The second-order valence-corrected chi connectivity index (χ2v) is 8.11. The van der Waals surface area contributed by atoms with E-state index in [1.807, 2.05) is 6.07 Å². The van der Waals surface area contributed by atoms with Gasteiger partial charge >= 0.3 is 0 Å². The van der Waals surface area contributed by atoms with Crippen LogP contribution in [-0.2, 0) is 0 Å². The number of guanidine groups is 1. The maximum atomic E-state index is 13.9. The number of nitrogens with two attached hydrogens (primary N) is 1. The van der Waals surface area contributed by atoms with E-state index < -0.39 is 0 Å². The zero-order valence-corrected chi connectivity index (χ0v) is 16.3. The predicted molar refractivity (Wildman–Crippen MR) is 106 cm³/mol. The number of rotatable bonds is 4. The molecule has 0 radical (unpaired) electrons. The molecule has 1 aromatic rings. The topological polar surface area (TPSA) is 53.6 Å². The number of aliphatic imine (C=N–C) groups is 1. The fraction of sp³-hybridized carbons (Fsp3) is 0.650. The minimum atomic E-state index is -0.360. The smallest absolute Gasteiger partial charge is 0.188 e. The molecule has 1 heterocycles. The van der Waals surface area contributed by atoms with Crippen molar-refractivity contribution in [1.29, 1.82) is 0 Å². The third kappa shape index (κ3) is 4.89. The lowest BCUT2D eigenvalue weighted by Crippen LogP contribution is -2.40. The minimum Gasteiger partial charge on any atom is -0.370 e. The molecule has 26 heavy (non-hydrogen) atoms. The van der Waals surface area contributed by atoms with Gasteiger partial charge in [-0.1, -0.05) is 43.4 Å². The van der Waals surface area contributed by atoms with E-state index in [0.29, 0.717) is 24.5 Å². The summed E-state index contributed by atoms with van der Waals surface area (Å²) in [5, 5.41) is 3.57. The van der Waals surface area contributed by atoms with Crippen molar-refractivity contribution in [3.8, 4) is 0 Å². The Bertz CT molecular complexity index is 628. The van der Waals surface area contributed by atoms with E-state index in [0.717, 1.165) is 18.5 Å². The van der Waals surface area contributed by atoms with Gasteiger partial charge in [0.1, 0.15) is 5.82 Å². The average molecular weight is 381 g/mol. The van der Waals surface area contributed by atoms with Crippen molar-refractivity contribution in [1.82, 2.24) is 10.2 Å². The molecule has 0 bridgehead atoms. The van der Waals surface area contributed by atoms with Crippen molar-refractivity contribution >= 4 is 17.6 Å². The van der Waals surface area contributed by atoms with Crippen LogP contribution < -0.4 is 11.1 Å². The molecule has 1 aliphatic heterocycles. The van der Waals surface area contributed by atoms with Gasteiger partial charge in [-0.3, -0.25) is 9.89 Å². The molecule has 1 aromatic carbocycles. The SMILES string of the molecule is CN1CCC(CN=C(N)NC2CCCCCC2)C1c1ccc(Cl)c(F)c1. The molecule has 144 valence electrons. The summed E-state index contributed by atoms with van der Waals surface area (Å²) in [5.41, 5.74) is 7.10. The molecule has 2 fully saturated rings. The molecule has 6 heteroatoms. The molecule has 0 spiro atoms. The van der Waals surface area contributed by atoms with Crippen LogP contribution in [0.3, 0.4) is 0 Å². The van der Waals surface area contributed by atoms with E-state index in [1.54, 1.807) is 12.1 Å². The van der Waals surface area contributed by atoms with Crippen molar-refractivity contribution < 1.29 is 4.39 Å². The number of likely N-dealkylation sites (tertiary alicyclic amines) is 1. The minimum absolute atomic E-state index is 0.149. The lowest BCUT2D eigenvalue weighted by molar-refractivity contribution is 0.279. The number of hydrogen-bond acceptors (Lipinski definition) is 2. The summed E-state index contributed by atoms with van der Waals surface area (Å²) in [6.07, 6.45) is 8.56. The van der Waals surface area contributed by atoms with Crippen molar-refractivity contribution in [3.05, 3.63) is 34.6 Å². The summed E-state index contributed by atoms with van der Waals surface area (Å²) >= 11 is 5.83. The molecule has 0 aromatic heterocycles. The zero-order chi connectivity index (χ0) is 18.5. The van der Waals surface area contributed by atoms with Crippen molar-refractivity contribution in [2.24, 2.45) is 16.6 Å². The second kappa shape index (κ2) is 9.05. The fourth-order valence-corrected chi connectivity index (χ4v) is 4.45. The highest BCUT2D eigenvalue weighted by Gasteiger charge is 2.33. The molecule has 4 nitrogen and oxygen atoms in total.